The van der Waals surface area contributed by atoms with Gasteiger partial charge in [0.15, 0.2) is 5.82 Å². The van der Waals surface area contributed by atoms with Gasteiger partial charge in [-0.1, -0.05) is 12.5 Å². The van der Waals surface area contributed by atoms with Crippen LogP contribution in [-0.4, -0.2) is 56.4 Å². The van der Waals surface area contributed by atoms with E-state index in [0.717, 1.165) is 36.8 Å². The molecular formula is C23H27FN6O. The number of alkyl halides is 1. The Bertz CT molecular complexity index is 1070. The number of nitrogens with one attached hydrogen (secondary N) is 1. The molecule has 2 aliphatic rings. The van der Waals surface area contributed by atoms with Gasteiger partial charge in [-0.3, -0.25) is 4.68 Å². The largest absolute Gasteiger partial charge is 0.507 e. The highest BCUT2D eigenvalue weighted by molar-refractivity contribution is 5.73. The minimum absolute atomic E-state index is 0.0672. The minimum Gasteiger partial charge on any atom is -0.507 e. The molecule has 2 N–H and O–H groups in total. The van der Waals surface area contributed by atoms with Crippen LogP contribution in [0.25, 0.3) is 22.4 Å². The molecule has 1 aromatic carbocycles. The van der Waals surface area contributed by atoms with E-state index in [1.165, 1.54) is 0 Å². The molecule has 0 radical (unpaired) electrons. The zero-order valence-electron chi connectivity index (χ0n) is 17.7. The predicted molar refractivity (Wildman–Crippen MR) is 118 cm³/mol. The van der Waals surface area contributed by atoms with Crippen LogP contribution in [0.3, 0.4) is 0 Å². The van der Waals surface area contributed by atoms with Crippen LogP contribution in [0.5, 0.6) is 5.75 Å². The number of rotatable bonds is 4. The maximum Gasteiger partial charge on any atom is 0.151 e. The first kappa shape index (κ1) is 19.9. The van der Waals surface area contributed by atoms with E-state index in [1.54, 1.807) is 16.9 Å². The first-order chi connectivity index (χ1) is 15.0. The van der Waals surface area contributed by atoms with Gasteiger partial charge in [0, 0.05) is 43.5 Å². The Morgan fingerprint density at radius 2 is 2.03 bits per heavy atom. The van der Waals surface area contributed by atoms with Gasteiger partial charge in [0.2, 0.25) is 0 Å². The second-order valence-electron chi connectivity index (χ2n) is 8.67. The van der Waals surface area contributed by atoms with Gasteiger partial charge in [0.25, 0.3) is 0 Å². The normalized spacial score (nSPS) is 25.4. The Balaban J connectivity index is 1.35. The summed E-state index contributed by atoms with van der Waals surface area (Å²) in [4.78, 5) is 1.92. The van der Waals surface area contributed by atoms with Crippen molar-refractivity contribution < 1.29 is 9.50 Å². The van der Waals surface area contributed by atoms with E-state index < -0.39 is 6.17 Å². The van der Waals surface area contributed by atoms with Crippen molar-refractivity contribution in [1.82, 2.24) is 25.3 Å². The summed E-state index contributed by atoms with van der Waals surface area (Å²) in [6.07, 6.45) is 6.59. The lowest BCUT2D eigenvalue weighted by molar-refractivity contribution is 0.107. The molecule has 7 nitrogen and oxygen atoms in total. The molecule has 4 atom stereocenters. The standard InChI is InChI=1S/C23H27FN6O/c1-29-13-15(12-25-29)14-6-7-17(21(31)10-14)18-8-9-22(28-27-18)30(2)20-11-16-4-3-5-19(26-16)23(20)24/h6-10,12-13,16,19-20,23,26,31H,3-5,11H2,1-2H3/t16-,19-,20+,23+/m0/s1. The molecule has 4 heterocycles. The number of halogens is 1. The van der Waals surface area contributed by atoms with Gasteiger partial charge in [-0.2, -0.15) is 5.10 Å². The molecule has 162 valence electrons. The van der Waals surface area contributed by atoms with Crippen LogP contribution in [0.1, 0.15) is 25.7 Å². The number of aryl methyl sites for hydroxylation is 1. The zero-order chi connectivity index (χ0) is 21.5. The van der Waals surface area contributed by atoms with E-state index in [4.69, 9.17) is 0 Å². The predicted octanol–water partition coefficient (Wildman–Crippen LogP) is 3.31. The number of hydrogen-bond acceptors (Lipinski definition) is 6. The van der Waals surface area contributed by atoms with Crippen LogP contribution in [0.4, 0.5) is 10.2 Å². The Kier molecular flexibility index (Phi) is 5.09. The number of fused-ring (bicyclic) bond motifs is 2. The molecule has 3 aromatic rings. The second kappa shape index (κ2) is 7.92. The van der Waals surface area contributed by atoms with Crippen molar-refractivity contribution in [2.24, 2.45) is 7.05 Å². The number of aromatic hydroxyl groups is 1. The molecule has 0 unspecified atom stereocenters. The zero-order valence-corrected chi connectivity index (χ0v) is 17.7. The summed E-state index contributed by atoms with van der Waals surface area (Å²) in [5.41, 5.74) is 2.99. The van der Waals surface area contributed by atoms with Crippen molar-refractivity contribution in [3.63, 3.8) is 0 Å². The van der Waals surface area contributed by atoms with Crippen LogP contribution in [-0.2, 0) is 7.05 Å². The van der Waals surface area contributed by atoms with Gasteiger partial charge < -0.3 is 15.3 Å². The van der Waals surface area contributed by atoms with E-state index >= 15 is 4.39 Å². The fraction of sp³-hybridized carbons (Fsp3) is 0.435. The van der Waals surface area contributed by atoms with Gasteiger partial charge in [0.1, 0.15) is 11.9 Å². The van der Waals surface area contributed by atoms with Gasteiger partial charge >= 0.3 is 0 Å². The van der Waals surface area contributed by atoms with Crippen molar-refractivity contribution in [3.05, 3.63) is 42.7 Å². The topological polar surface area (TPSA) is 79.1 Å². The second-order valence-corrected chi connectivity index (χ2v) is 8.67. The number of benzene rings is 1. The molecule has 8 heteroatoms. The van der Waals surface area contributed by atoms with Gasteiger partial charge in [-0.15, -0.1) is 10.2 Å². The van der Waals surface area contributed by atoms with Crippen LogP contribution in [0, 0.1) is 0 Å². The lowest BCUT2D eigenvalue weighted by Gasteiger charge is -2.46. The number of phenols is 1. The molecule has 2 bridgehead atoms. The number of piperidine rings is 2. The summed E-state index contributed by atoms with van der Waals surface area (Å²) in [6, 6.07) is 9.24. The fourth-order valence-electron chi connectivity index (χ4n) is 4.88. The maximum atomic E-state index is 15.0. The third-order valence-corrected chi connectivity index (χ3v) is 6.62. The first-order valence-electron chi connectivity index (χ1n) is 10.8. The van der Waals surface area contributed by atoms with Gasteiger partial charge in [0.05, 0.1) is 17.9 Å². The molecule has 0 amide bonds. The molecule has 0 saturated carbocycles. The number of phenolic OH excluding ortho intramolecular Hbond substituents is 1. The monoisotopic (exact) mass is 422 g/mol. The Labute approximate surface area is 180 Å². The van der Waals surface area contributed by atoms with E-state index in [0.29, 0.717) is 23.1 Å². The van der Waals surface area contributed by atoms with Gasteiger partial charge in [-0.05, 0) is 49.1 Å². The van der Waals surface area contributed by atoms with Crippen LogP contribution < -0.4 is 10.2 Å². The summed E-state index contributed by atoms with van der Waals surface area (Å²) in [6.45, 7) is 0. The smallest absolute Gasteiger partial charge is 0.151 e. The van der Waals surface area contributed by atoms with E-state index in [1.807, 2.05) is 49.5 Å². The molecule has 0 spiro atoms. The molecule has 2 fully saturated rings. The molecule has 2 aromatic heterocycles. The molecule has 2 aliphatic heterocycles. The van der Waals surface area contributed by atoms with Crippen LogP contribution in [0.15, 0.2) is 42.7 Å². The van der Waals surface area contributed by atoms with Crippen molar-refractivity contribution in [3.8, 4) is 28.1 Å². The first-order valence-corrected chi connectivity index (χ1v) is 10.8. The number of anilines is 1. The fourth-order valence-corrected chi connectivity index (χ4v) is 4.88. The lowest BCUT2D eigenvalue weighted by atomic mass is 9.82. The third kappa shape index (κ3) is 3.76. The minimum atomic E-state index is -0.924. The molecule has 31 heavy (non-hydrogen) atoms. The van der Waals surface area contributed by atoms with Crippen molar-refractivity contribution in [1.29, 1.82) is 0 Å². The Morgan fingerprint density at radius 1 is 1.16 bits per heavy atom. The highest BCUT2D eigenvalue weighted by Crippen LogP contribution is 2.34. The van der Waals surface area contributed by atoms with Gasteiger partial charge in [-0.25, -0.2) is 4.39 Å². The number of hydrogen-bond donors (Lipinski definition) is 2. The van der Waals surface area contributed by atoms with Crippen molar-refractivity contribution >= 4 is 5.82 Å². The van der Waals surface area contributed by atoms with E-state index in [2.05, 4.69) is 20.6 Å². The number of aromatic nitrogens is 4. The highest BCUT2D eigenvalue weighted by Gasteiger charge is 2.41. The lowest BCUT2D eigenvalue weighted by Crippen LogP contribution is -2.61. The summed E-state index contributed by atoms with van der Waals surface area (Å²) < 4.78 is 16.8. The SMILES string of the molecule is CN(c1ccc(-c2ccc(-c3cnn(C)c3)cc2O)nn1)[C@@H]1C[C@@H]2CCC[C@H](N2)[C@H]1F. The van der Waals surface area contributed by atoms with E-state index in [9.17, 15) is 5.11 Å². The van der Waals surface area contributed by atoms with Crippen LogP contribution in [0.2, 0.25) is 0 Å². The van der Waals surface area contributed by atoms with Crippen LogP contribution >= 0.6 is 0 Å². The maximum absolute atomic E-state index is 15.0. The summed E-state index contributed by atoms with van der Waals surface area (Å²) in [5.74, 6) is 0.773. The van der Waals surface area contributed by atoms with E-state index in [-0.39, 0.29) is 17.8 Å². The molecule has 2 saturated heterocycles. The quantitative estimate of drug-likeness (QED) is 0.672. The average Bonchev–Trinajstić information content (AvgIpc) is 3.22. The van der Waals surface area contributed by atoms with Crippen molar-refractivity contribution in [2.45, 2.75) is 50.0 Å². The van der Waals surface area contributed by atoms with Crippen molar-refractivity contribution in [2.75, 3.05) is 11.9 Å². The Morgan fingerprint density at radius 3 is 2.74 bits per heavy atom. The summed E-state index contributed by atoms with van der Waals surface area (Å²) in [5, 5.41) is 26.8. The molecule has 0 aliphatic carbocycles. The Hall–Kier alpha value is -3.00. The summed E-state index contributed by atoms with van der Waals surface area (Å²) in [7, 11) is 3.75. The third-order valence-electron chi connectivity index (χ3n) is 6.62. The number of nitrogens with zero attached hydrogens (tertiary/aromatic N) is 5. The molecular weight excluding hydrogens is 395 g/mol. The highest BCUT2D eigenvalue weighted by atomic mass is 19.1. The summed E-state index contributed by atoms with van der Waals surface area (Å²) >= 11 is 0. The molecule has 5 rings (SSSR count). The average molecular weight is 423 g/mol.